The van der Waals surface area contributed by atoms with Crippen LogP contribution < -0.4 is 10.9 Å². The lowest BCUT2D eigenvalue weighted by Crippen LogP contribution is -2.28. The lowest BCUT2D eigenvalue weighted by Gasteiger charge is -2.05. The number of hydrogen-bond acceptors (Lipinski definition) is 5. The number of benzene rings is 1. The molecule has 0 amide bonds. The summed E-state index contributed by atoms with van der Waals surface area (Å²) in [6.45, 7) is 1.91. The van der Waals surface area contributed by atoms with Gasteiger partial charge in [0, 0.05) is 30.5 Å². The first-order valence-electron chi connectivity index (χ1n) is 8.11. The first-order valence-corrected chi connectivity index (χ1v) is 8.48. The molecule has 2 aliphatic rings. The lowest BCUT2D eigenvalue weighted by molar-refractivity contribution is 0.482. The van der Waals surface area contributed by atoms with Crippen molar-refractivity contribution in [3.8, 4) is 0 Å². The van der Waals surface area contributed by atoms with E-state index >= 15 is 0 Å². The summed E-state index contributed by atoms with van der Waals surface area (Å²) in [5.74, 6) is 0.515. The Bertz CT molecular complexity index is 1040. The van der Waals surface area contributed by atoms with Crippen molar-refractivity contribution >= 4 is 35.0 Å². The van der Waals surface area contributed by atoms with E-state index in [1.807, 2.05) is 0 Å². The minimum Gasteiger partial charge on any atom is -0.316 e. The van der Waals surface area contributed by atoms with Gasteiger partial charge in [0.05, 0.1) is 12.6 Å². The van der Waals surface area contributed by atoms with Gasteiger partial charge < -0.3 is 5.32 Å². The van der Waals surface area contributed by atoms with Crippen LogP contribution in [0.4, 0.5) is 4.39 Å². The summed E-state index contributed by atoms with van der Waals surface area (Å²) in [7, 11) is 0. The van der Waals surface area contributed by atoms with Crippen molar-refractivity contribution in [2.75, 3.05) is 13.1 Å². The Morgan fingerprint density at radius 3 is 2.69 bits per heavy atom. The molecule has 0 spiro atoms. The molecular formula is C16H15Cl2FN6O. The molecule has 1 unspecified atom stereocenters. The summed E-state index contributed by atoms with van der Waals surface area (Å²) in [6.07, 6.45) is 0. The topological polar surface area (TPSA) is 77.6 Å². The van der Waals surface area contributed by atoms with Gasteiger partial charge in [-0.05, 0) is 6.07 Å². The van der Waals surface area contributed by atoms with Crippen LogP contribution in [0.15, 0.2) is 29.1 Å². The van der Waals surface area contributed by atoms with Crippen LogP contribution in [0.3, 0.4) is 0 Å². The molecule has 1 N–H and O–H groups in total. The van der Waals surface area contributed by atoms with Crippen LogP contribution >= 0.6 is 24.0 Å². The Hall–Kier alpha value is -2.03. The second kappa shape index (κ2) is 6.29. The first kappa shape index (κ1) is 17.4. The van der Waals surface area contributed by atoms with Crippen molar-refractivity contribution in [3.63, 3.8) is 0 Å². The molecule has 1 aromatic carbocycles. The van der Waals surface area contributed by atoms with E-state index in [0.29, 0.717) is 17.4 Å². The summed E-state index contributed by atoms with van der Waals surface area (Å²) in [5, 5.41) is 15.9. The fraction of sp³-hybridized carbons (Fsp3) is 0.375. The van der Waals surface area contributed by atoms with Crippen LogP contribution in [-0.2, 0) is 6.54 Å². The molecule has 3 heterocycles. The van der Waals surface area contributed by atoms with Crippen molar-refractivity contribution < 1.29 is 4.39 Å². The zero-order chi connectivity index (χ0) is 17.1. The van der Waals surface area contributed by atoms with Crippen molar-refractivity contribution in [1.29, 1.82) is 0 Å². The smallest absolute Gasteiger partial charge is 0.298 e. The number of halogens is 3. The van der Waals surface area contributed by atoms with Crippen LogP contribution in [0.5, 0.6) is 0 Å². The van der Waals surface area contributed by atoms with Gasteiger partial charge in [0.25, 0.3) is 5.56 Å². The Morgan fingerprint density at radius 2 is 1.96 bits per heavy atom. The minimum atomic E-state index is -0.347. The van der Waals surface area contributed by atoms with E-state index in [2.05, 4.69) is 20.7 Å². The van der Waals surface area contributed by atoms with Crippen LogP contribution in [-0.4, -0.2) is 37.9 Å². The van der Waals surface area contributed by atoms with E-state index in [4.69, 9.17) is 11.6 Å². The number of rotatable bonds is 3. The molecule has 7 nitrogen and oxygen atoms in total. The first-order chi connectivity index (χ1) is 12.1. The molecule has 136 valence electrons. The molecule has 3 atom stereocenters. The lowest BCUT2D eigenvalue weighted by atomic mass is 10.2. The summed E-state index contributed by atoms with van der Waals surface area (Å²) >= 11 is 6.29. The Kier molecular flexibility index (Phi) is 4.21. The summed E-state index contributed by atoms with van der Waals surface area (Å²) in [6, 6.07) is 6.47. The van der Waals surface area contributed by atoms with Crippen molar-refractivity contribution in [2.24, 2.45) is 11.8 Å². The second-order valence-corrected chi connectivity index (χ2v) is 6.91. The maximum absolute atomic E-state index is 13.9. The molecule has 0 radical (unpaired) electrons. The highest BCUT2D eigenvalue weighted by atomic mass is 35.5. The van der Waals surface area contributed by atoms with Crippen LogP contribution in [0.1, 0.15) is 11.6 Å². The van der Waals surface area contributed by atoms with Crippen molar-refractivity contribution in [1.82, 2.24) is 30.1 Å². The predicted octanol–water partition coefficient (Wildman–Crippen LogP) is 1.64. The fourth-order valence-electron chi connectivity index (χ4n) is 3.74. The Balaban J connectivity index is 0.00000168. The minimum absolute atomic E-state index is 0. The van der Waals surface area contributed by atoms with Gasteiger partial charge in [-0.3, -0.25) is 4.79 Å². The number of nitrogens with one attached hydrogen (secondary N) is 1. The Morgan fingerprint density at radius 1 is 1.23 bits per heavy atom. The normalized spacial score (nSPS) is 23.7. The molecule has 1 aliphatic heterocycles. The third-order valence-electron chi connectivity index (χ3n) is 5.13. The van der Waals surface area contributed by atoms with Crippen molar-refractivity contribution in [2.45, 2.75) is 12.6 Å². The molecule has 10 heteroatoms. The molecule has 0 bridgehead atoms. The zero-order valence-corrected chi connectivity index (χ0v) is 15.0. The highest BCUT2D eigenvalue weighted by Crippen LogP contribution is 2.51. The van der Waals surface area contributed by atoms with Gasteiger partial charge in [-0.25, -0.2) is 13.8 Å². The molecule has 3 aromatic rings. The van der Waals surface area contributed by atoms with E-state index in [-0.39, 0.29) is 52.6 Å². The number of fused-ring (bicyclic) bond motifs is 2. The van der Waals surface area contributed by atoms with Gasteiger partial charge in [0.1, 0.15) is 5.82 Å². The predicted molar refractivity (Wildman–Crippen MR) is 96.2 cm³/mol. The van der Waals surface area contributed by atoms with Gasteiger partial charge in [-0.2, -0.15) is 5.10 Å². The molecular weight excluding hydrogens is 382 g/mol. The van der Waals surface area contributed by atoms with Gasteiger partial charge in [0.15, 0.2) is 16.2 Å². The van der Waals surface area contributed by atoms with E-state index in [1.54, 1.807) is 18.2 Å². The second-order valence-electron chi connectivity index (χ2n) is 6.55. The van der Waals surface area contributed by atoms with Gasteiger partial charge in [-0.1, -0.05) is 35.0 Å². The summed E-state index contributed by atoms with van der Waals surface area (Å²) in [5.41, 5.74) is 0.573. The standard InChI is InChI=1S/C16H14ClFN6O.ClH/c17-15-12-13(21-23(15)7-8-3-1-2-4-11(8)18)16(25)24(22-20-12)14-9-5-19-6-10(9)14;/h1-4,9-10,14,19H,5-7H2;1H/t9-,10+,14?;. The Labute approximate surface area is 158 Å². The van der Waals surface area contributed by atoms with Gasteiger partial charge in [-0.15, -0.1) is 17.5 Å². The highest BCUT2D eigenvalue weighted by Gasteiger charge is 2.55. The third kappa shape index (κ3) is 2.52. The van der Waals surface area contributed by atoms with E-state index in [0.717, 1.165) is 13.1 Å². The van der Waals surface area contributed by atoms with E-state index in [1.165, 1.54) is 15.4 Å². The quantitative estimate of drug-likeness (QED) is 0.727. The SMILES string of the molecule is Cl.O=c1c2nn(Cc3ccccc3F)c(Cl)c2nnn1C1[C@H]2CNC[C@@H]12. The molecule has 5 rings (SSSR count). The van der Waals surface area contributed by atoms with Crippen LogP contribution in [0.25, 0.3) is 11.0 Å². The number of nitrogens with zero attached hydrogens (tertiary/aromatic N) is 5. The number of piperidine rings is 1. The van der Waals surface area contributed by atoms with Crippen LogP contribution in [0, 0.1) is 17.7 Å². The average molecular weight is 397 g/mol. The van der Waals surface area contributed by atoms with E-state index < -0.39 is 0 Å². The molecule has 2 fully saturated rings. The molecule has 2 aromatic heterocycles. The number of hydrogen-bond donors (Lipinski definition) is 1. The fourth-order valence-corrected chi connectivity index (χ4v) is 3.97. The van der Waals surface area contributed by atoms with Crippen LogP contribution in [0.2, 0.25) is 5.15 Å². The molecule has 26 heavy (non-hydrogen) atoms. The summed E-state index contributed by atoms with van der Waals surface area (Å²) < 4.78 is 16.7. The molecule has 1 saturated carbocycles. The van der Waals surface area contributed by atoms with Crippen molar-refractivity contribution in [3.05, 3.63) is 51.2 Å². The van der Waals surface area contributed by atoms with Gasteiger partial charge in [0.2, 0.25) is 0 Å². The third-order valence-corrected chi connectivity index (χ3v) is 5.50. The van der Waals surface area contributed by atoms with Gasteiger partial charge >= 0.3 is 0 Å². The zero-order valence-electron chi connectivity index (χ0n) is 13.5. The number of aromatic nitrogens is 5. The average Bonchev–Trinajstić information content (AvgIpc) is 2.93. The highest BCUT2D eigenvalue weighted by molar-refractivity contribution is 6.33. The largest absolute Gasteiger partial charge is 0.316 e. The van der Waals surface area contributed by atoms with E-state index in [9.17, 15) is 9.18 Å². The molecule has 1 saturated heterocycles. The molecule has 1 aliphatic carbocycles. The maximum atomic E-state index is 13.9. The summed E-state index contributed by atoms with van der Waals surface area (Å²) in [4.78, 5) is 12.8. The maximum Gasteiger partial charge on any atom is 0.298 e. The monoisotopic (exact) mass is 396 g/mol.